The number of hydrogen-bond donors (Lipinski definition) is 1. The predicted octanol–water partition coefficient (Wildman–Crippen LogP) is 3.55. The van der Waals surface area contributed by atoms with Gasteiger partial charge in [-0.3, -0.25) is 10.1 Å². The van der Waals surface area contributed by atoms with Crippen molar-refractivity contribution in [2.75, 3.05) is 11.1 Å². The van der Waals surface area contributed by atoms with Crippen molar-refractivity contribution in [2.45, 2.75) is 28.4 Å². The lowest BCUT2D eigenvalue weighted by Gasteiger charge is -2.04. The Balaban J connectivity index is 1.43. The van der Waals surface area contributed by atoms with E-state index in [1.54, 1.807) is 42.1 Å². The Bertz CT molecular complexity index is 1010. The Labute approximate surface area is 167 Å². The van der Waals surface area contributed by atoms with Crippen molar-refractivity contribution in [1.29, 1.82) is 0 Å². The van der Waals surface area contributed by atoms with E-state index in [1.165, 1.54) is 0 Å². The molecule has 0 radical (unpaired) electrons. The molecule has 0 fully saturated rings. The molecule has 1 amide bonds. The molecule has 1 aromatic heterocycles. The Morgan fingerprint density at radius 3 is 2.39 bits per heavy atom. The van der Waals surface area contributed by atoms with Gasteiger partial charge in [-0.25, -0.2) is 8.42 Å². The van der Waals surface area contributed by atoms with E-state index >= 15 is 0 Å². The van der Waals surface area contributed by atoms with Crippen LogP contribution in [0.5, 0.6) is 0 Å². The Morgan fingerprint density at radius 1 is 1.00 bits per heavy atom. The molecule has 9 heteroatoms. The fourth-order valence-electron chi connectivity index (χ4n) is 2.37. The minimum absolute atomic E-state index is 0.0135. The number of thioether (sulfide) groups is 1. The van der Waals surface area contributed by atoms with Crippen molar-refractivity contribution in [1.82, 2.24) is 10.2 Å². The third-order valence-electron chi connectivity index (χ3n) is 3.74. The van der Waals surface area contributed by atoms with Gasteiger partial charge in [0.1, 0.15) is 0 Å². The van der Waals surface area contributed by atoms with Crippen LogP contribution in [0.25, 0.3) is 0 Å². The summed E-state index contributed by atoms with van der Waals surface area (Å²) < 4.78 is 29.8. The van der Waals surface area contributed by atoms with E-state index in [0.717, 1.165) is 4.90 Å². The van der Waals surface area contributed by atoms with Gasteiger partial charge in [0, 0.05) is 11.3 Å². The van der Waals surface area contributed by atoms with Gasteiger partial charge in [-0.15, -0.1) is 16.9 Å². The molecule has 28 heavy (non-hydrogen) atoms. The van der Waals surface area contributed by atoms with Gasteiger partial charge in [0.25, 0.3) is 0 Å². The first kappa shape index (κ1) is 20.1. The molecule has 146 valence electrons. The average molecular weight is 418 g/mol. The zero-order chi connectivity index (χ0) is 19.8. The van der Waals surface area contributed by atoms with Crippen LogP contribution in [-0.4, -0.2) is 30.3 Å². The first-order valence-electron chi connectivity index (χ1n) is 8.61. The largest absolute Gasteiger partial charge is 0.407 e. The van der Waals surface area contributed by atoms with Crippen LogP contribution in [0.4, 0.5) is 6.01 Å². The van der Waals surface area contributed by atoms with Crippen molar-refractivity contribution in [2.24, 2.45) is 0 Å². The summed E-state index contributed by atoms with van der Waals surface area (Å²) in [6.45, 7) is 0. The lowest BCUT2D eigenvalue weighted by Crippen LogP contribution is -2.14. The van der Waals surface area contributed by atoms with E-state index < -0.39 is 9.84 Å². The number of hydrogen-bond acceptors (Lipinski definition) is 7. The van der Waals surface area contributed by atoms with E-state index in [-0.39, 0.29) is 35.4 Å². The zero-order valence-corrected chi connectivity index (χ0v) is 16.6. The molecule has 0 aliphatic carbocycles. The number of carbonyl (C=O) groups is 1. The smallest absolute Gasteiger partial charge is 0.322 e. The third-order valence-corrected chi connectivity index (χ3v) is 6.55. The highest BCUT2D eigenvalue weighted by molar-refractivity contribution is 7.98. The summed E-state index contributed by atoms with van der Waals surface area (Å²) in [5, 5.41) is 10.2. The summed E-state index contributed by atoms with van der Waals surface area (Å²) in [6.07, 6.45) is 0.246. The minimum atomic E-state index is -3.39. The van der Waals surface area contributed by atoms with Crippen LogP contribution in [0.1, 0.15) is 18.7 Å². The molecule has 0 aliphatic rings. The number of anilines is 1. The second-order valence-corrected chi connectivity index (χ2v) is 9.04. The van der Waals surface area contributed by atoms with Crippen LogP contribution < -0.4 is 5.32 Å². The first-order chi connectivity index (χ1) is 13.5. The molecule has 7 nitrogen and oxygen atoms in total. The van der Waals surface area contributed by atoms with Crippen molar-refractivity contribution < 1.29 is 17.6 Å². The maximum absolute atomic E-state index is 12.2. The van der Waals surface area contributed by atoms with Crippen LogP contribution in [0, 0.1) is 0 Å². The number of nitrogens with zero attached hydrogens (tertiary/aromatic N) is 2. The maximum atomic E-state index is 12.2. The number of nitrogens with one attached hydrogen (secondary N) is 1. The highest BCUT2D eigenvalue weighted by atomic mass is 32.2. The third kappa shape index (κ3) is 5.93. The summed E-state index contributed by atoms with van der Waals surface area (Å²) >= 11 is 1.54. The molecular formula is C19H19N3O4S2. The molecule has 1 N–H and O–H groups in total. The Morgan fingerprint density at radius 2 is 1.68 bits per heavy atom. The Kier molecular flexibility index (Phi) is 6.83. The fraction of sp³-hybridized carbons (Fsp3) is 0.211. The standard InChI is InChI=1S/C19H19N3O4S2/c23-17(12-7-13-28(24,25)16-10-5-2-6-11-16)20-19-22-21-18(26-19)14-27-15-8-3-1-4-9-15/h1-6,8-11H,7,12-14H2,(H,20,22,23). The molecule has 0 aliphatic heterocycles. The highest BCUT2D eigenvalue weighted by Crippen LogP contribution is 2.22. The van der Waals surface area contributed by atoms with Crippen molar-refractivity contribution in [3.63, 3.8) is 0 Å². The normalized spacial score (nSPS) is 11.3. The van der Waals surface area contributed by atoms with Gasteiger partial charge in [-0.2, -0.15) is 0 Å². The molecular weight excluding hydrogens is 398 g/mol. The molecule has 3 aromatic rings. The number of benzene rings is 2. The van der Waals surface area contributed by atoms with Gasteiger partial charge in [-0.1, -0.05) is 41.5 Å². The van der Waals surface area contributed by atoms with Crippen LogP contribution in [0.2, 0.25) is 0 Å². The molecule has 0 atom stereocenters. The molecule has 3 rings (SSSR count). The molecule has 0 bridgehead atoms. The van der Waals surface area contributed by atoms with Crippen molar-refractivity contribution in [3.8, 4) is 0 Å². The van der Waals surface area contributed by atoms with Gasteiger partial charge in [0.15, 0.2) is 9.84 Å². The highest BCUT2D eigenvalue weighted by Gasteiger charge is 2.15. The van der Waals surface area contributed by atoms with E-state index in [0.29, 0.717) is 11.6 Å². The fourth-order valence-corrected chi connectivity index (χ4v) is 4.46. The van der Waals surface area contributed by atoms with Gasteiger partial charge in [0.2, 0.25) is 11.8 Å². The average Bonchev–Trinajstić information content (AvgIpc) is 3.15. The second kappa shape index (κ2) is 9.52. The van der Waals surface area contributed by atoms with Gasteiger partial charge in [0.05, 0.1) is 16.4 Å². The van der Waals surface area contributed by atoms with E-state index in [2.05, 4.69) is 15.5 Å². The lowest BCUT2D eigenvalue weighted by atomic mass is 10.3. The summed E-state index contributed by atoms with van der Waals surface area (Å²) in [5.74, 6) is 0.417. The molecule has 0 saturated heterocycles. The Hall–Kier alpha value is -2.65. The number of rotatable bonds is 9. The molecule has 0 saturated carbocycles. The first-order valence-corrected chi connectivity index (χ1v) is 11.2. The summed E-state index contributed by atoms with van der Waals surface area (Å²) in [6, 6.07) is 18.0. The molecule has 1 heterocycles. The van der Waals surface area contributed by atoms with Gasteiger partial charge >= 0.3 is 6.01 Å². The number of aromatic nitrogens is 2. The number of sulfone groups is 1. The topological polar surface area (TPSA) is 102 Å². The monoisotopic (exact) mass is 417 g/mol. The second-order valence-electron chi connectivity index (χ2n) is 5.89. The van der Waals surface area contributed by atoms with E-state index in [4.69, 9.17) is 4.42 Å². The lowest BCUT2D eigenvalue weighted by molar-refractivity contribution is -0.116. The van der Waals surface area contributed by atoms with Crippen LogP contribution >= 0.6 is 11.8 Å². The minimum Gasteiger partial charge on any atom is -0.407 e. The van der Waals surface area contributed by atoms with Crippen LogP contribution in [0.3, 0.4) is 0 Å². The SMILES string of the molecule is O=C(CCCS(=O)(=O)c1ccccc1)Nc1nnc(CSc2ccccc2)o1. The van der Waals surface area contributed by atoms with Crippen LogP contribution in [-0.2, 0) is 20.4 Å². The molecule has 2 aromatic carbocycles. The number of carbonyl (C=O) groups excluding carboxylic acids is 1. The van der Waals surface area contributed by atoms with Crippen molar-refractivity contribution in [3.05, 3.63) is 66.6 Å². The predicted molar refractivity (Wildman–Crippen MR) is 107 cm³/mol. The molecule has 0 spiro atoms. The van der Waals surface area contributed by atoms with Gasteiger partial charge in [-0.05, 0) is 30.7 Å². The zero-order valence-electron chi connectivity index (χ0n) is 14.9. The van der Waals surface area contributed by atoms with Crippen LogP contribution in [0.15, 0.2) is 74.9 Å². The summed E-state index contributed by atoms with van der Waals surface area (Å²) in [7, 11) is -3.39. The van der Waals surface area contributed by atoms with E-state index in [9.17, 15) is 13.2 Å². The van der Waals surface area contributed by atoms with Gasteiger partial charge < -0.3 is 4.42 Å². The summed E-state index contributed by atoms with van der Waals surface area (Å²) in [4.78, 5) is 13.3. The van der Waals surface area contributed by atoms with Crippen molar-refractivity contribution >= 4 is 33.5 Å². The quantitative estimate of drug-likeness (QED) is 0.531. The summed E-state index contributed by atoms with van der Waals surface area (Å²) in [5.41, 5.74) is 0. The molecule has 0 unspecified atom stereocenters. The number of amides is 1. The maximum Gasteiger partial charge on any atom is 0.322 e. The van der Waals surface area contributed by atoms with E-state index in [1.807, 2.05) is 30.3 Å².